The minimum atomic E-state index is 0.0251. The number of nitrogens with zero attached hydrogens (tertiary/aromatic N) is 2. The molecule has 1 heterocycles. The van der Waals surface area contributed by atoms with E-state index in [1.165, 1.54) is 0 Å². The first-order chi connectivity index (χ1) is 10.4. The van der Waals surface area contributed by atoms with E-state index in [0.717, 1.165) is 35.3 Å². The van der Waals surface area contributed by atoms with Crippen LogP contribution in [0.25, 0.3) is 0 Å². The molecule has 1 aromatic carbocycles. The van der Waals surface area contributed by atoms with Crippen molar-refractivity contribution < 1.29 is 4.79 Å². The van der Waals surface area contributed by atoms with Crippen molar-refractivity contribution in [2.24, 2.45) is 5.41 Å². The van der Waals surface area contributed by atoms with Crippen LogP contribution >= 0.6 is 0 Å². The number of ketones is 1. The van der Waals surface area contributed by atoms with E-state index in [-0.39, 0.29) is 11.2 Å². The fraction of sp³-hybridized carbons (Fsp3) is 0.368. The van der Waals surface area contributed by atoms with Crippen molar-refractivity contribution in [1.82, 2.24) is 4.57 Å². The normalized spacial score (nSPS) is 16.2. The molecule has 0 N–H and O–H groups in total. The molecule has 3 heteroatoms. The number of aryl methyl sites for hydroxylation is 1. The number of carbonyl (C=O) groups excluding carboxylic acids is 1. The molecule has 2 aromatic rings. The van der Waals surface area contributed by atoms with Gasteiger partial charge >= 0.3 is 0 Å². The molecule has 0 unspecified atom stereocenters. The second-order valence-corrected chi connectivity index (χ2v) is 7.01. The van der Waals surface area contributed by atoms with E-state index < -0.39 is 0 Å². The molecule has 1 aromatic heterocycles. The van der Waals surface area contributed by atoms with Crippen molar-refractivity contribution in [3.8, 4) is 6.07 Å². The summed E-state index contributed by atoms with van der Waals surface area (Å²) in [5.74, 6) is 0.266. The third-order valence-corrected chi connectivity index (χ3v) is 4.38. The van der Waals surface area contributed by atoms with Crippen LogP contribution < -0.4 is 0 Å². The Morgan fingerprint density at radius 2 is 1.91 bits per heavy atom. The van der Waals surface area contributed by atoms with Crippen LogP contribution in [0.15, 0.2) is 30.5 Å². The Morgan fingerprint density at radius 1 is 1.23 bits per heavy atom. The number of hydrogen-bond donors (Lipinski definition) is 0. The third-order valence-electron chi connectivity index (χ3n) is 4.38. The van der Waals surface area contributed by atoms with Crippen LogP contribution in [0.5, 0.6) is 0 Å². The zero-order valence-corrected chi connectivity index (χ0v) is 13.3. The van der Waals surface area contributed by atoms with Crippen LogP contribution in [-0.4, -0.2) is 10.4 Å². The van der Waals surface area contributed by atoms with Crippen LogP contribution in [0.1, 0.15) is 53.0 Å². The van der Waals surface area contributed by atoms with Crippen LogP contribution in [0.3, 0.4) is 0 Å². The highest BCUT2D eigenvalue weighted by Crippen LogP contribution is 2.37. The summed E-state index contributed by atoms with van der Waals surface area (Å²) in [5.41, 5.74) is 5.00. The zero-order chi connectivity index (χ0) is 15.9. The lowest BCUT2D eigenvalue weighted by Crippen LogP contribution is -2.28. The fourth-order valence-corrected chi connectivity index (χ4v) is 3.38. The second-order valence-electron chi connectivity index (χ2n) is 7.01. The number of carbonyl (C=O) groups is 1. The highest BCUT2D eigenvalue weighted by atomic mass is 16.1. The number of Topliss-reactive ketones (excluding diaryl/α,β-unsaturated/α-hetero) is 1. The first kappa shape index (κ1) is 14.6. The molecule has 0 saturated heterocycles. The highest BCUT2D eigenvalue weighted by Gasteiger charge is 2.34. The monoisotopic (exact) mass is 292 g/mol. The summed E-state index contributed by atoms with van der Waals surface area (Å²) in [6, 6.07) is 9.78. The molecule has 0 atom stereocenters. The summed E-state index contributed by atoms with van der Waals surface area (Å²) >= 11 is 0. The predicted molar refractivity (Wildman–Crippen MR) is 85.9 cm³/mol. The Bertz CT molecular complexity index is 773. The van der Waals surface area contributed by atoms with E-state index in [1.54, 1.807) is 0 Å². The number of aromatic nitrogens is 1. The van der Waals surface area contributed by atoms with Gasteiger partial charge in [-0.15, -0.1) is 0 Å². The maximum Gasteiger partial charge on any atom is 0.165 e. The molecular weight excluding hydrogens is 272 g/mol. The van der Waals surface area contributed by atoms with E-state index in [4.69, 9.17) is 5.26 Å². The van der Waals surface area contributed by atoms with Crippen molar-refractivity contribution in [1.29, 1.82) is 5.26 Å². The SMILES string of the molecule is Cc1cn(Cc2ccc(C#N)cc2)c2c1C(=O)CC(C)(C)C2. The maximum atomic E-state index is 12.4. The Morgan fingerprint density at radius 3 is 2.55 bits per heavy atom. The van der Waals surface area contributed by atoms with Crippen molar-refractivity contribution >= 4 is 5.78 Å². The average molecular weight is 292 g/mol. The number of nitriles is 1. The summed E-state index contributed by atoms with van der Waals surface area (Å²) in [6.07, 6.45) is 3.64. The van der Waals surface area contributed by atoms with Crippen LogP contribution in [0.2, 0.25) is 0 Å². The molecule has 0 radical (unpaired) electrons. The summed E-state index contributed by atoms with van der Waals surface area (Å²) < 4.78 is 2.20. The van der Waals surface area contributed by atoms with Crippen LogP contribution in [0.4, 0.5) is 0 Å². The largest absolute Gasteiger partial charge is 0.346 e. The molecule has 1 aliphatic carbocycles. The quantitative estimate of drug-likeness (QED) is 0.843. The topological polar surface area (TPSA) is 45.8 Å². The Hall–Kier alpha value is -2.34. The molecule has 0 spiro atoms. The minimum absolute atomic E-state index is 0.0251. The van der Waals surface area contributed by atoms with Crippen molar-refractivity contribution in [3.63, 3.8) is 0 Å². The van der Waals surface area contributed by atoms with Gasteiger partial charge in [0.1, 0.15) is 0 Å². The van der Waals surface area contributed by atoms with Gasteiger partial charge in [0.25, 0.3) is 0 Å². The number of fused-ring (bicyclic) bond motifs is 1. The molecule has 3 rings (SSSR count). The van der Waals surface area contributed by atoms with Crippen LogP contribution in [-0.2, 0) is 13.0 Å². The number of benzene rings is 1. The van der Waals surface area contributed by atoms with E-state index in [1.807, 2.05) is 31.2 Å². The predicted octanol–water partition coefficient (Wildman–Crippen LogP) is 3.87. The molecule has 0 fully saturated rings. The Kier molecular flexibility index (Phi) is 3.41. The van der Waals surface area contributed by atoms with Gasteiger partial charge in [-0.25, -0.2) is 0 Å². The first-order valence-corrected chi connectivity index (χ1v) is 7.60. The minimum Gasteiger partial charge on any atom is -0.346 e. The van der Waals surface area contributed by atoms with Crippen molar-refractivity contribution in [3.05, 3.63) is 58.4 Å². The lowest BCUT2D eigenvalue weighted by atomic mass is 9.75. The molecular formula is C19H20N2O. The molecule has 3 nitrogen and oxygen atoms in total. The Balaban J connectivity index is 1.97. The van der Waals surface area contributed by atoms with E-state index in [9.17, 15) is 4.79 Å². The van der Waals surface area contributed by atoms with Gasteiger partial charge in [0.2, 0.25) is 0 Å². The van der Waals surface area contributed by atoms with Crippen LogP contribution in [0, 0.1) is 23.7 Å². The number of rotatable bonds is 2. The van der Waals surface area contributed by atoms with Gasteiger partial charge in [0, 0.05) is 30.4 Å². The van der Waals surface area contributed by atoms with Gasteiger partial charge in [0.05, 0.1) is 11.6 Å². The lowest BCUT2D eigenvalue weighted by molar-refractivity contribution is 0.0909. The summed E-state index contributed by atoms with van der Waals surface area (Å²) in [6.45, 7) is 7.07. The highest BCUT2D eigenvalue weighted by molar-refractivity contribution is 6.00. The van der Waals surface area contributed by atoms with Gasteiger partial charge in [-0.1, -0.05) is 26.0 Å². The zero-order valence-electron chi connectivity index (χ0n) is 13.3. The summed E-state index contributed by atoms with van der Waals surface area (Å²) in [4.78, 5) is 12.4. The smallest absolute Gasteiger partial charge is 0.165 e. The van der Waals surface area contributed by atoms with E-state index >= 15 is 0 Å². The maximum absolute atomic E-state index is 12.4. The fourth-order valence-electron chi connectivity index (χ4n) is 3.38. The van der Waals surface area contributed by atoms with E-state index in [0.29, 0.717) is 12.0 Å². The lowest BCUT2D eigenvalue weighted by Gasteiger charge is -2.30. The Labute approximate surface area is 131 Å². The van der Waals surface area contributed by atoms with Gasteiger partial charge in [0.15, 0.2) is 5.78 Å². The van der Waals surface area contributed by atoms with E-state index in [2.05, 4.69) is 30.7 Å². The molecule has 22 heavy (non-hydrogen) atoms. The van der Waals surface area contributed by atoms with Gasteiger partial charge in [-0.05, 0) is 42.0 Å². The molecule has 0 bridgehead atoms. The first-order valence-electron chi connectivity index (χ1n) is 7.60. The standard InChI is InChI=1S/C19H20N2O/c1-13-11-21(12-15-6-4-14(10-20)5-7-15)16-8-19(2,3)9-17(22)18(13)16/h4-7,11H,8-9,12H2,1-3H3. The third kappa shape index (κ3) is 2.57. The summed E-state index contributed by atoms with van der Waals surface area (Å²) in [5, 5.41) is 8.87. The van der Waals surface area contributed by atoms with Gasteiger partial charge in [-0.3, -0.25) is 4.79 Å². The molecule has 0 amide bonds. The van der Waals surface area contributed by atoms with Crippen molar-refractivity contribution in [2.75, 3.05) is 0 Å². The molecule has 0 aliphatic heterocycles. The molecule has 1 aliphatic rings. The molecule has 0 saturated carbocycles. The second kappa shape index (κ2) is 5.14. The molecule has 112 valence electrons. The van der Waals surface area contributed by atoms with Gasteiger partial charge < -0.3 is 4.57 Å². The van der Waals surface area contributed by atoms with Crippen molar-refractivity contribution in [2.45, 2.75) is 40.2 Å². The number of hydrogen-bond acceptors (Lipinski definition) is 2. The average Bonchev–Trinajstić information content (AvgIpc) is 2.74. The summed E-state index contributed by atoms with van der Waals surface area (Å²) in [7, 11) is 0. The van der Waals surface area contributed by atoms with Gasteiger partial charge in [-0.2, -0.15) is 5.26 Å².